The molecule has 0 atom stereocenters. The van der Waals surface area contributed by atoms with Crippen molar-refractivity contribution in [2.45, 2.75) is 19.4 Å². The number of nitrogens with one attached hydrogen (secondary N) is 1. The van der Waals surface area contributed by atoms with Gasteiger partial charge in [-0.2, -0.15) is 0 Å². The van der Waals surface area contributed by atoms with Crippen molar-refractivity contribution in [1.82, 2.24) is 4.90 Å². The number of carbonyl (C=O) groups excluding carboxylic acids is 2. The number of ether oxygens (including phenoxy) is 1. The summed E-state index contributed by atoms with van der Waals surface area (Å²) >= 11 is 0. The van der Waals surface area contributed by atoms with Gasteiger partial charge < -0.3 is 15.0 Å². The van der Waals surface area contributed by atoms with Crippen molar-refractivity contribution in [1.29, 1.82) is 0 Å². The van der Waals surface area contributed by atoms with Gasteiger partial charge in [0, 0.05) is 42.9 Å². The van der Waals surface area contributed by atoms with Crippen LogP contribution < -0.4 is 5.32 Å². The van der Waals surface area contributed by atoms with Gasteiger partial charge in [0.05, 0.1) is 6.61 Å². The third-order valence-electron chi connectivity index (χ3n) is 4.82. The van der Waals surface area contributed by atoms with Crippen LogP contribution >= 0.6 is 0 Å². The lowest BCUT2D eigenvalue weighted by atomic mass is 9.95. The third kappa shape index (κ3) is 4.71. The molecule has 1 heterocycles. The van der Waals surface area contributed by atoms with Gasteiger partial charge in [0.25, 0.3) is 5.91 Å². The molecule has 1 N–H and O–H groups in total. The van der Waals surface area contributed by atoms with Crippen LogP contribution in [0.2, 0.25) is 0 Å². The van der Waals surface area contributed by atoms with Crippen molar-refractivity contribution in [3.63, 3.8) is 0 Å². The molecular formula is C21H23FN2O3. The molecule has 27 heavy (non-hydrogen) atoms. The molecule has 0 saturated carbocycles. The van der Waals surface area contributed by atoms with Gasteiger partial charge in [-0.05, 0) is 43.2 Å². The predicted molar refractivity (Wildman–Crippen MR) is 101 cm³/mol. The van der Waals surface area contributed by atoms with E-state index >= 15 is 0 Å². The van der Waals surface area contributed by atoms with Crippen molar-refractivity contribution >= 4 is 17.5 Å². The zero-order chi connectivity index (χ0) is 19.2. The molecule has 2 aromatic carbocycles. The first-order valence-corrected chi connectivity index (χ1v) is 9.01. The number of nitrogens with zero attached hydrogens (tertiary/aromatic N) is 1. The second-order valence-electron chi connectivity index (χ2n) is 6.65. The minimum absolute atomic E-state index is 0.0348. The van der Waals surface area contributed by atoms with Gasteiger partial charge in [-0.15, -0.1) is 0 Å². The van der Waals surface area contributed by atoms with Gasteiger partial charge in [0.2, 0.25) is 5.91 Å². The molecule has 6 heteroatoms. The van der Waals surface area contributed by atoms with E-state index in [-0.39, 0.29) is 23.5 Å². The number of anilines is 1. The van der Waals surface area contributed by atoms with Crippen LogP contribution in [0.15, 0.2) is 48.5 Å². The Morgan fingerprint density at radius 2 is 1.78 bits per heavy atom. The first-order valence-electron chi connectivity index (χ1n) is 9.01. The molecule has 0 aromatic heterocycles. The van der Waals surface area contributed by atoms with Crippen LogP contribution in [0.3, 0.4) is 0 Å². The van der Waals surface area contributed by atoms with Crippen molar-refractivity contribution in [3.05, 3.63) is 65.5 Å². The fraction of sp³-hybridized carbons (Fsp3) is 0.333. The van der Waals surface area contributed by atoms with Crippen LogP contribution in [0.25, 0.3) is 0 Å². The minimum Gasteiger partial charge on any atom is -0.380 e. The summed E-state index contributed by atoms with van der Waals surface area (Å²) in [5.41, 5.74) is 2.15. The Hall–Kier alpha value is -2.73. The lowest BCUT2D eigenvalue weighted by Gasteiger charge is -2.31. The van der Waals surface area contributed by atoms with E-state index in [2.05, 4.69) is 5.32 Å². The Labute approximate surface area is 158 Å². The third-order valence-corrected chi connectivity index (χ3v) is 4.82. The smallest absolute Gasteiger partial charge is 0.253 e. The Balaban J connectivity index is 1.56. The zero-order valence-corrected chi connectivity index (χ0v) is 15.3. The minimum atomic E-state index is -0.365. The van der Waals surface area contributed by atoms with Crippen LogP contribution in [0, 0.1) is 11.7 Å². The topological polar surface area (TPSA) is 58.6 Å². The van der Waals surface area contributed by atoms with Crippen LogP contribution in [-0.2, 0) is 16.1 Å². The Bertz CT molecular complexity index is 799. The van der Waals surface area contributed by atoms with Gasteiger partial charge in [-0.3, -0.25) is 9.59 Å². The largest absolute Gasteiger partial charge is 0.380 e. The van der Waals surface area contributed by atoms with E-state index in [0.29, 0.717) is 38.1 Å². The van der Waals surface area contributed by atoms with Gasteiger partial charge >= 0.3 is 0 Å². The monoisotopic (exact) mass is 370 g/mol. The van der Waals surface area contributed by atoms with E-state index < -0.39 is 0 Å². The highest BCUT2D eigenvalue weighted by Gasteiger charge is 2.28. The molecule has 0 aliphatic carbocycles. The number of para-hydroxylation sites is 1. The van der Waals surface area contributed by atoms with Gasteiger partial charge in [-0.25, -0.2) is 4.39 Å². The second-order valence-corrected chi connectivity index (χ2v) is 6.65. The van der Waals surface area contributed by atoms with Crippen LogP contribution in [-0.4, -0.2) is 36.9 Å². The van der Waals surface area contributed by atoms with Crippen LogP contribution in [0.1, 0.15) is 28.8 Å². The number of piperidine rings is 1. The van der Waals surface area contributed by atoms with Crippen LogP contribution in [0.4, 0.5) is 10.1 Å². The summed E-state index contributed by atoms with van der Waals surface area (Å²) in [6, 6.07) is 13.1. The van der Waals surface area contributed by atoms with E-state index in [1.54, 1.807) is 12.0 Å². The average Bonchev–Trinajstić information content (AvgIpc) is 2.70. The molecule has 2 aromatic rings. The standard InChI is InChI=1S/C21H23FN2O3/c1-27-14-17-4-2-3-5-19(17)23-20(25)15-10-12-24(13-11-15)21(26)16-6-8-18(22)9-7-16/h2-9,15H,10-14H2,1H3,(H,23,25). The molecule has 1 saturated heterocycles. The number of halogens is 1. The number of carbonyl (C=O) groups is 2. The molecular weight excluding hydrogens is 347 g/mol. The molecule has 142 valence electrons. The molecule has 1 aliphatic heterocycles. The number of hydrogen-bond acceptors (Lipinski definition) is 3. The fourth-order valence-electron chi connectivity index (χ4n) is 3.28. The maximum Gasteiger partial charge on any atom is 0.253 e. The first-order chi connectivity index (χ1) is 13.1. The predicted octanol–water partition coefficient (Wildman–Crippen LogP) is 3.46. The van der Waals surface area contributed by atoms with E-state index in [0.717, 1.165) is 11.3 Å². The summed E-state index contributed by atoms with van der Waals surface area (Å²) in [6.45, 7) is 1.45. The number of hydrogen-bond donors (Lipinski definition) is 1. The maximum atomic E-state index is 13.0. The van der Waals surface area contributed by atoms with Crippen molar-refractivity contribution in [2.24, 2.45) is 5.92 Å². The van der Waals surface area contributed by atoms with Gasteiger partial charge in [0.1, 0.15) is 5.82 Å². The van der Waals surface area contributed by atoms with Crippen molar-refractivity contribution < 1.29 is 18.7 Å². The molecule has 0 unspecified atom stereocenters. The number of rotatable bonds is 5. The molecule has 1 aliphatic rings. The zero-order valence-electron chi connectivity index (χ0n) is 15.3. The second kappa shape index (κ2) is 8.77. The Morgan fingerprint density at radius 3 is 2.44 bits per heavy atom. The normalized spacial score (nSPS) is 14.8. The summed E-state index contributed by atoms with van der Waals surface area (Å²) < 4.78 is 18.2. The first kappa shape index (κ1) is 19.0. The van der Waals surface area contributed by atoms with E-state index in [1.807, 2.05) is 24.3 Å². The summed E-state index contributed by atoms with van der Waals surface area (Å²) in [4.78, 5) is 26.8. The number of methoxy groups -OCH3 is 1. The quantitative estimate of drug-likeness (QED) is 0.877. The summed E-state index contributed by atoms with van der Waals surface area (Å²) in [5.74, 6) is -0.666. The highest BCUT2D eigenvalue weighted by Crippen LogP contribution is 2.23. The molecule has 0 spiro atoms. The lowest BCUT2D eigenvalue weighted by Crippen LogP contribution is -2.41. The lowest BCUT2D eigenvalue weighted by molar-refractivity contribution is -0.121. The molecule has 0 radical (unpaired) electrons. The summed E-state index contributed by atoms with van der Waals surface area (Å²) in [7, 11) is 1.62. The fourth-order valence-corrected chi connectivity index (χ4v) is 3.28. The Morgan fingerprint density at radius 1 is 1.11 bits per heavy atom. The molecule has 1 fully saturated rings. The molecule has 5 nitrogen and oxygen atoms in total. The number of benzene rings is 2. The summed E-state index contributed by atoms with van der Waals surface area (Å²) in [5, 5.41) is 2.98. The highest BCUT2D eigenvalue weighted by molar-refractivity contribution is 5.95. The average molecular weight is 370 g/mol. The molecule has 2 amide bonds. The van der Waals surface area contributed by atoms with Crippen LogP contribution in [0.5, 0.6) is 0 Å². The molecule has 0 bridgehead atoms. The number of amides is 2. The summed E-state index contributed by atoms with van der Waals surface area (Å²) in [6.07, 6.45) is 1.20. The number of likely N-dealkylation sites (tertiary alicyclic amines) is 1. The molecule has 3 rings (SSSR count). The van der Waals surface area contributed by atoms with Crippen molar-refractivity contribution in [2.75, 3.05) is 25.5 Å². The Kier molecular flexibility index (Phi) is 6.19. The SMILES string of the molecule is COCc1ccccc1NC(=O)C1CCN(C(=O)c2ccc(F)cc2)CC1. The van der Waals surface area contributed by atoms with E-state index in [1.165, 1.54) is 24.3 Å². The van der Waals surface area contributed by atoms with E-state index in [4.69, 9.17) is 4.74 Å². The van der Waals surface area contributed by atoms with Crippen molar-refractivity contribution in [3.8, 4) is 0 Å². The maximum absolute atomic E-state index is 13.0. The highest BCUT2D eigenvalue weighted by atomic mass is 19.1. The van der Waals surface area contributed by atoms with Gasteiger partial charge in [-0.1, -0.05) is 18.2 Å². The van der Waals surface area contributed by atoms with E-state index in [9.17, 15) is 14.0 Å². The van der Waals surface area contributed by atoms with Gasteiger partial charge in [0.15, 0.2) is 0 Å².